The van der Waals surface area contributed by atoms with Gasteiger partial charge in [0.1, 0.15) is 17.4 Å². The van der Waals surface area contributed by atoms with E-state index in [0.717, 1.165) is 43.0 Å². The van der Waals surface area contributed by atoms with Crippen molar-refractivity contribution in [2.75, 3.05) is 50.1 Å². The van der Waals surface area contributed by atoms with E-state index in [2.05, 4.69) is 54.0 Å². The molecule has 3 aliphatic rings. The lowest BCUT2D eigenvalue weighted by molar-refractivity contribution is -0.124. The first-order valence-electron chi connectivity index (χ1n) is 12.3. The van der Waals surface area contributed by atoms with Gasteiger partial charge in [0.05, 0.1) is 12.6 Å². The van der Waals surface area contributed by atoms with Gasteiger partial charge in [0.2, 0.25) is 0 Å². The maximum atomic E-state index is 13.1. The molecule has 1 unspecified atom stereocenters. The van der Waals surface area contributed by atoms with E-state index in [4.69, 9.17) is 9.73 Å². The van der Waals surface area contributed by atoms with Crippen LogP contribution in [0, 0.1) is 0 Å². The lowest BCUT2D eigenvalue weighted by atomic mass is 9.95. The zero-order chi connectivity index (χ0) is 25.7. The van der Waals surface area contributed by atoms with Gasteiger partial charge in [-0.05, 0) is 50.4 Å². The molecule has 0 aromatic heterocycles. The molecule has 1 N–H and O–H groups in total. The Balaban J connectivity index is 1.57. The molecule has 3 aliphatic heterocycles. The normalized spacial score (nSPS) is 23.2. The summed E-state index contributed by atoms with van der Waals surface area (Å²) >= 11 is 0. The number of nitrogens with one attached hydrogen (secondary N) is 1. The highest BCUT2D eigenvalue weighted by Crippen LogP contribution is 2.30. The summed E-state index contributed by atoms with van der Waals surface area (Å²) in [6.45, 7) is 18.5. The third kappa shape index (κ3) is 5.36. The van der Waals surface area contributed by atoms with Gasteiger partial charge in [0.15, 0.2) is 0 Å². The molecule has 3 heterocycles. The van der Waals surface area contributed by atoms with E-state index in [-0.39, 0.29) is 11.9 Å². The van der Waals surface area contributed by atoms with Gasteiger partial charge in [-0.2, -0.15) is 0 Å². The summed E-state index contributed by atoms with van der Waals surface area (Å²) in [4.78, 5) is 24.4. The minimum absolute atomic E-state index is 0.140. The fourth-order valence-electron chi connectivity index (χ4n) is 4.71. The number of piperazine rings is 1. The van der Waals surface area contributed by atoms with Gasteiger partial charge in [-0.1, -0.05) is 31.9 Å². The Morgan fingerprint density at radius 1 is 1.11 bits per heavy atom. The maximum Gasteiger partial charge on any atom is 0.252 e. The van der Waals surface area contributed by atoms with Gasteiger partial charge in [-0.15, -0.1) is 0 Å². The number of carbonyl (C=O) groups is 1. The quantitative estimate of drug-likeness (QED) is 0.617. The second-order valence-electron chi connectivity index (χ2n) is 9.01. The summed E-state index contributed by atoms with van der Waals surface area (Å²) in [5, 5.41) is 3.28. The SMILES string of the molecule is C=CC1=C(C=C)C(N2C(=O)C=CC(=C/C)/C2=N\C(=C)Nc2ccc(N3CCN(C)CC3)cc2)CCO1. The lowest BCUT2D eigenvalue weighted by Crippen LogP contribution is -2.49. The van der Waals surface area contributed by atoms with E-state index in [1.165, 1.54) is 5.69 Å². The highest BCUT2D eigenvalue weighted by molar-refractivity contribution is 6.16. The first kappa shape index (κ1) is 25.3. The molecule has 36 heavy (non-hydrogen) atoms. The number of hydrogen-bond donors (Lipinski definition) is 1. The Morgan fingerprint density at radius 2 is 1.83 bits per heavy atom. The third-order valence-electron chi connectivity index (χ3n) is 6.71. The van der Waals surface area contributed by atoms with E-state index < -0.39 is 0 Å². The van der Waals surface area contributed by atoms with Crippen LogP contribution in [0.25, 0.3) is 0 Å². The van der Waals surface area contributed by atoms with Crippen molar-refractivity contribution in [3.05, 3.63) is 97.1 Å². The van der Waals surface area contributed by atoms with Crippen LogP contribution in [0.1, 0.15) is 13.3 Å². The maximum absolute atomic E-state index is 13.1. The number of carbonyl (C=O) groups excluding carboxylic acids is 1. The molecule has 1 aromatic carbocycles. The van der Waals surface area contributed by atoms with Crippen molar-refractivity contribution in [1.82, 2.24) is 9.80 Å². The Morgan fingerprint density at radius 3 is 2.47 bits per heavy atom. The molecule has 7 heteroatoms. The summed E-state index contributed by atoms with van der Waals surface area (Å²) in [5.41, 5.74) is 3.76. The van der Waals surface area contributed by atoms with Crippen molar-refractivity contribution >= 4 is 23.1 Å². The average molecular weight is 486 g/mol. The predicted molar refractivity (Wildman–Crippen MR) is 148 cm³/mol. The highest BCUT2D eigenvalue weighted by Gasteiger charge is 2.35. The molecule has 4 rings (SSSR count). The molecule has 188 valence electrons. The molecule has 1 atom stereocenters. The summed E-state index contributed by atoms with van der Waals surface area (Å²) in [7, 11) is 2.16. The number of nitrogens with zero attached hydrogens (tertiary/aromatic N) is 4. The topological polar surface area (TPSA) is 60.4 Å². The molecule has 0 spiro atoms. The molecule has 1 aromatic rings. The number of allylic oxidation sites excluding steroid dienone is 2. The lowest BCUT2D eigenvalue weighted by Gasteiger charge is -2.37. The van der Waals surface area contributed by atoms with Crippen LogP contribution in [0.2, 0.25) is 0 Å². The summed E-state index contributed by atoms with van der Waals surface area (Å²) in [5.74, 6) is 1.50. The van der Waals surface area contributed by atoms with E-state index in [1.807, 2.05) is 25.1 Å². The van der Waals surface area contributed by atoms with Gasteiger partial charge >= 0.3 is 0 Å². The number of amidine groups is 1. The van der Waals surface area contributed by atoms with Crippen molar-refractivity contribution in [3.63, 3.8) is 0 Å². The number of likely N-dealkylation sites (N-methyl/N-ethyl adjacent to an activating group) is 1. The fraction of sp³-hybridized carbons (Fsp3) is 0.310. The number of rotatable bonds is 7. The molecule has 1 amide bonds. The Labute approximate surface area is 214 Å². The van der Waals surface area contributed by atoms with Crippen LogP contribution in [-0.4, -0.2) is 67.4 Å². The summed E-state index contributed by atoms with van der Waals surface area (Å²) in [6.07, 6.45) is 9.33. The monoisotopic (exact) mass is 485 g/mol. The van der Waals surface area contributed by atoms with Crippen molar-refractivity contribution in [3.8, 4) is 0 Å². The Bertz CT molecular complexity index is 1150. The van der Waals surface area contributed by atoms with Gasteiger partial charge in [-0.25, -0.2) is 4.99 Å². The molecule has 0 aliphatic carbocycles. The first-order chi connectivity index (χ1) is 17.4. The molecule has 1 fully saturated rings. The van der Waals surface area contributed by atoms with Gasteiger partial charge in [0.25, 0.3) is 5.91 Å². The van der Waals surface area contributed by atoms with Crippen LogP contribution >= 0.6 is 0 Å². The second kappa shape index (κ2) is 11.3. The van der Waals surface area contributed by atoms with Crippen LogP contribution < -0.4 is 10.2 Å². The van der Waals surface area contributed by atoms with Crippen LogP contribution in [0.4, 0.5) is 11.4 Å². The van der Waals surface area contributed by atoms with Crippen molar-refractivity contribution in [2.24, 2.45) is 4.99 Å². The van der Waals surface area contributed by atoms with Crippen molar-refractivity contribution < 1.29 is 9.53 Å². The highest BCUT2D eigenvalue weighted by atomic mass is 16.5. The zero-order valence-electron chi connectivity index (χ0n) is 21.2. The minimum Gasteiger partial charge on any atom is -0.493 e. The smallest absolute Gasteiger partial charge is 0.252 e. The minimum atomic E-state index is -0.258. The van der Waals surface area contributed by atoms with Crippen LogP contribution in [0.15, 0.2) is 102 Å². The van der Waals surface area contributed by atoms with Gasteiger partial charge in [-0.3, -0.25) is 9.69 Å². The molecule has 1 saturated heterocycles. The van der Waals surface area contributed by atoms with Crippen molar-refractivity contribution in [2.45, 2.75) is 19.4 Å². The zero-order valence-corrected chi connectivity index (χ0v) is 21.2. The average Bonchev–Trinajstić information content (AvgIpc) is 2.89. The summed E-state index contributed by atoms with van der Waals surface area (Å²) in [6, 6.07) is 8.04. The first-order valence-corrected chi connectivity index (χ1v) is 12.3. The van der Waals surface area contributed by atoms with Crippen molar-refractivity contribution in [1.29, 1.82) is 0 Å². The van der Waals surface area contributed by atoms with E-state index in [9.17, 15) is 4.79 Å². The standard InChI is InChI=1S/C29H35N5O2/c1-6-22-9-14-28(35)34(26-15-20-36-27(8-3)25(26)7-2)29(22)31-21(4)30-23-10-12-24(13-11-23)33-18-16-32(5)17-19-33/h6-14,26,30H,2-4,15-20H2,1,5H3/b22-6-,31-29+. The molecule has 0 bridgehead atoms. The number of ether oxygens (including phenoxy) is 1. The van der Waals surface area contributed by atoms with Gasteiger partial charge < -0.3 is 19.9 Å². The van der Waals surface area contributed by atoms with E-state index in [1.54, 1.807) is 29.2 Å². The number of aliphatic imine (C=N–C) groups is 1. The number of hydrogen-bond acceptors (Lipinski definition) is 6. The predicted octanol–water partition coefficient (Wildman–Crippen LogP) is 4.48. The molecule has 7 nitrogen and oxygen atoms in total. The third-order valence-corrected chi connectivity index (χ3v) is 6.71. The fourth-order valence-corrected chi connectivity index (χ4v) is 4.71. The van der Waals surface area contributed by atoms with Crippen LogP contribution in [0.3, 0.4) is 0 Å². The molecular formula is C29H35N5O2. The van der Waals surface area contributed by atoms with Gasteiger partial charge in [0, 0.05) is 61.2 Å². The largest absolute Gasteiger partial charge is 0.493 e. The number of benzene rings is 1. The molecular weight excluding hydrogens is 450 g/mol. The Hall–Kier alpha value is -3.84. The Kier molecular flexibility index (Phi) is 7.90. The summed E-state index contributed by atoms with van der Waals surface area (Å²) < 4.78 is 5.74. The number of anilines is 2. The van der Waals surface area contributed by atoms with E-state index in [0.29, 0.717) is 30.4 Å². The van der Waals surface area contributed by atoms with Crippen LogP contribution in [0.5, 0.6) is 0 Å². The van der Waals surface area contributed by atoms with E-state index >= 15 is 0 Å². The second-order valence-corrected chi connectivity index (χ2v) is 9.01. The number of amides is 1. The molecule has 0 saturated carbocycles. The van der Waals surface area contributed by atoms with Crippen LogP contribution in [-0.2, 0) is 9.53 Å². The molecule has 0 radical (unpaired) electrons.